The molecule has 0 aliphatic heterocycles. The zero-order valence-corrected chi connectivity index (χ0v) is 13.8. The summed E-state index contributed by atoms with van der Waals surface area (Å²) in [4.78, 5) is 30.8. The summed E-state index contributed by atoms with van der Waals surface area (Å²) in [6.07, 6.45) is 2.48. The van der Waals surface area contributed by atoms with Crippen molar-refractivity contribution in [3.05, 3.63) is 35.8 Å². The van der Waals surface area contributed by atoms with Crippen molar-refractivity contribution in [3.63, 3.8) is 0 Å². The maximum atomic E-state index is 12.9. The molecule has 0 unspecified atom stereocenters. The summed E-state index contributed by atoms with van der Waals surface area (Å²) in [6.45, 7) is 7.46. The molecule has 0 aliphatic rings. The van der Waals surface area contributed by atoms with Gasteiger partial charge in [0.1, 0.15) is 11.3 Å². The highest BCUT2D eigenvalue weighted by molar-refractivity contribution is 5.97. The number of fused-ring (bicyclic) bond motifs is 1. The van der Waals surface area contributed by atoms with Crippen LogP contribution in [0.25, 0.3) is 5.65 Å². The second-order valence-corrected chi connectivity index (χ2v) is 6.15. The number of ketones is 1. The molecule has 0 saturated heterocycles. The highest BCUT2D eigenvalue weighted by Crippen LogP contribution is 2.18. The quantitative estimate of drug-likeness (QED) is 0.853. The molecule has 5 nitrogen and oxygen atoms in total. The number of rotatable bonds is 5. The first-order valence-electron chi connectivity index (χ1n) is 7.54. The van der Waals surface area contributed by atoms with Crippen LogP contribution in [0, 0.1) is 12.8 Å². The van der Waals surface area contributed by atoms with E-state index in [2.05, 4.69) is 4.98 Å². The molecule has 1 amide bonds. The van der Waals surface area contributed by atoms with E-state index in [4.69, 9.17) is 0 Å². The van der Waals surface area contributed by atoms with Crippen LogP contribution < -0.4 is 0 Å². The molecule has 0 radical (unpaired) electrons. The van der Waals surface area contributed by atoms with Crippen LogP contribution >= 0.6 is 0 Å². The van der Waals surface area contributed by atoms with Crippen LogP contribution in [0.3, 0.4) is 0 Å². The lowest BCUT2D eigenvalue weighted by molar-refractivity contribution is -0.121. The number of aromatic nitrogens is 2. The van der Waals surface area contributed by atoms with Gasteiger partial charge in [0.15, 0.2) is 5.78 Å². The SMILES string of the molecule is CC(=O)[C@@H](CC(C)C)N(C)C(=O)c1c(C)nc2ccccn12. The van der Waals surface area contributed by atoms with Gasteiger partial charge in [-0.15, -0.1) is 0 Å². The largest absolute Gasteiger partial charge is 0.330 e. The van der Waals surface area contributed by atoms with E-state index in [1.807, 2.05) is 45.2 Å². The molecule has 0 N–H and O–H groups in total. The first-order valence-corrected chi connectivity index (χ1v) is 7.54. The van der Waals surface area contributed by atoms with Crippen molar-refractivity contribution < 1.29 is 9.59 Å². The van der Waals surface area contributed by atoms with E-state index in [9.17, 15) is 9.59 Å². The number of hydrogen-bond acceptors (Lipinski definition) is 3. The van der Waals surface area contributed by atoms with Gasteiger partial charge in [-0.05, 0) is 38.3 Å². The molecule has 0 aliphatic carbocycles. The average molecular weight is 301 g/mol. The Morgan fingerprint density at radius 1 is 1.32 bits per heavy atom. The minimum Gasteiger partial charge on any atom is -0.330 e. The van der Waals surface area contributed by atoms with Gasteiger partial charge in [0.2, 0.25) is 0 Å². The third-order valence-corrected chi connectivity index (χ3v) is 3.86. The van der Waals surface area contributed by atoms with Crippen LogP contribution in [-0.2, 0) is 4.79 Å². The lowest BCUT2D eigenvalue weighted by Crippen LogP contribution is -2.43. The van der Waals surface area contributed by atoms with E-state index in [-0.39, 0.29) is 11.7 Å². The zero-order valence-electron chi connectivity index (χ0n) is 13.8. The smallest absolute Gasteiger partial charge is 0.273 e. The van der Waals surface area contributed by atoms with Gasteiger partial charge >= 0.3 is 0 Å². The summed E-state index contributed by atoms with van der Waals surface area (Å²) in [6, 6.07) is 5.21. The molecule has 2 heterocycles. The van der Waals surface area contributed by atoms with Crippen molar-refractivity contribution in [2.75, 3.05) is 7.05 Å². The number of carbonyl (C=O) groups excluding carboxylic acids is 2. The van der Waals surface area contributed by atoms with Gasteiger partial charge in [-0.3, -0.25) is 14.0 Å². The highest BCUT2D eigenvalue weighted by atomic mass is 16.2. The van der Waals surface area contributed by atoms with Gasteiger partial charge in [-0.25, -0.2) is 4.98 Å². The summed E-state index contributed by atoms with van der Waals surface area (Å²) in [7, 11) is 1.69. The molecule has 0 spiro atoms. The number of imidazole rings is 1. The number of aryl methyl sites for hydroxylation is 1. The van der Waals surface area contributed by atoms with Gasteiger partial charge in [-0.2, -0.15) is 0 Å². The summed E-state index contributed by atoms with van der Waals surface area (Å²) < 4.78 is 1.78. The molecule has 5 heteroatoms. The standard InChI is InChI=1S/C17H23N3O2/c1-11(2)10-14(13(4)21)19(5)17(22)16-12(3)18-15-8-6-7-9-20(15)16/h6-9,11,14H,10H2,1-5H3/t14-/m1/s1. The minimum absolute atomic E-state index is 0.0102. The van der Waals surface area contributed by atoms with E-state index >= 15 is 0 Å². The fourth-order valence-electron chi connectivity index (χ4n) is 2.72. The molecule has 0 fully saturated rings. The number of Topliss-reactive ketones (excluding diaryl/α,β-unsaturated/α-hetero) is 1. The average Bonchev–Trinajstić information content (AvgIpc) is 2.78. The van der Waals surface area contributed by atoms with Crippen LogP contribution in [0.1, 0.15) is 43.4 Å². The fourth-order valence-corrected chi connectivity index (χ4v) is 2.72. The van der Waals surface area contributed by atoms with Gasteiger partial charge in [0.25, 0.3) is 5.91 Å². The Labute approximate surface area is 131 Å². The Morgan fingerprint density at radius 3 is 2.59 bits per heavy atom. The Kier molecular flexibility index (Phi) is 4.64. The number of likely N-dealkylation sites (N-methyl/N-ethyl adjacent to an activating group) is 1. The van der Waals surface area contributed by atoms with Crippen LogP contribution in [0.5, 0.6) is 0 Å². The topological polar surface area (TPSA) is 54.7 Å². The molecule has 0 saturated carbocycles. The maximum absolute atomic E-state index is 12.9. The zero-order chi connectivity index (χ0) is 16.4. The van der Waals surface area contributed by atoms with E-state index in [1.54, 1.807) is 16.3 Å². The summed E-state index contributed by atoms with van der Waals surface area (Å²) in [5, 5.41) is 0. The van der Waals surface area contributed by atoms with Crippen molar-refractivity contribution in [1.82, 2.24) is 14.3 Å². The fraction of sp³-hybridized carbons (Fsp3) is 0.471. The van der Waals surface area contributed by atoms with Crippen LogP contribution in [0.2, 0.25) is 0 Å². The lowest BCUT2D eigenvalue weighted by Gasteiger charge is -2.27. The van der Waals surface area contributed by atoms with Crippen LogP contribution in [0.4, 0.5) is 0 Å². The predicted octanol–water partition coefficient (Wildman–Crippen LogP) is 2.72. The molecule has 1 atom stereocenters. The minimum atomic E-state index is -0.402. The monoisotopic (exact) mass is 301 g/mol. The molecule has 0 bridgehead atoms. The first-order chi connectivity index (χ1) is 10.3. The Bertz CT molecular complexity index is 703. The van der Waals surface area contributed by atoms with Gasteiger partial charge in [0, 0.05) is 13.2 Å². The number of pyridine rings is 1. The molecule has 2 aromatic heterocycles. The predicted molar refractivity (Wildman–Crippen MR) is 85.9 cm³/mol. The van der Waals surface area contributed by atoms with Crippen molar-refractivity contribution in [2.45, 2.75) is 40.2 Å². The summed E-state index contributed by atoms with van der Waals surface area (Å²) in [5.41, 5.74) is 1.93. The van der Waals surface area contributed by atoms with E-state index < -0.39 is 6.04 Å². The molecule has 118 valence electrons. The Morgan fingerprint density at radius 2 is 2.00 bits per heavy atom. The molecule has 2 aromatic rings. The van der Waals surface area contributed by atoms with Gasteiger partial charge in [-0.1, -0.05) is 19.9 Å². The normalized spacial score (nSPS) is 12.6. The van der Waals surface area contributed by atoms with Gasteiger partial charge in [0.05, 0.1) is 11.7 Å². The summed E-state index contributed by atoms with van der Waals surface area (Å²) in [5.74, 6) is 0.181. The summed E-state index contributed by atoms with van der Waals surface area (Å²) >= 11 is 0. The van der Waals surface area contributed by atoms with E-state index in [0.717, 1.165) is 5.65 Å². The Balaban J connectivity index is 2.40. The van der Waals surface area contributed by atoms with Crippen molar-refractivity contribution in [3.8, 4) is 0 Å². The second-order valence-electron chi connectivity index (χ2n) is 6.15. The van der Waals surface area contributed by atoms with Crippen molar-refractivity contribution >= 4 is 17.3 Å². The molecule has 2 rings (SSSR count). The molecule has 0 aromatic carbocycles. The van der Waals surface area contributed by atoms with Crippen LogP contribution in [-0.4, -0.2) is 39.1 Å². The molecular formula is C17H23N3O2. The number of hydrogen-bond donors (Lipinski definition) is 0. The second kappa shape index (κ2) is 6.30. The first kappa shape index (κ1) is 16.2. The van der Waals surface area contributed by atoms with Gasteiger partial charge < -0.3 is 4.90 Å². The van der Waals surface area contributed by atoms with Crippen LogP contribution in [0.15, 0.2) is 24.4 Å². The third-order valence-electron chi connectivity index (χ3n) is 3.86. The third kappa shape index (κ3) is 3.03. The van der Waals surface area contributed by atoms with E-state index in [1.165, 1.54) is 6.92 Å². The molecular weight excluding hydrogens is 278 g/mol. The highest BCUT2D eigenvalue weighted by Gasteiger charge is 2.28. The molecule has 22 heavy (non-hydrogen) atoms. The number of amides is 1. The maximum Gasteiger partial charge on any atom is 0.273 e. The lowest BCUT2D eigenvalue weighted by atomic mass is 9.99. The van der Waals surface area contributed by atoms with E-state index in [0.29, 0.717) is 23.7 Å². The van der Waals surface area contributed by atoms with Crippen molar-refractivity contribution in [2.24, 2.45) is 5.92 Å². The number of carbonyl (C=O) groups is 2. The van der Waals surface area contributed by atoms with Crippen molar-refractivity contribution in [1.29, 1.82) is 0 Å². The Hall–Kier alpha value is -2.17. The number of nitrogens with zero attached hydrogens (tertiary/aromatic N) is 3.